The Morgan fingerprint density at radius 1 is 1.28 bits per heavy atom. The number of fused-ring (bicyclic) bond motifs is 1. The topological polar surface area (TPSA) is 63.6 Å². The summed E-state index contributed by atoms with van der Waals surface area (Å²) >= 11 is 0. The first-order valence-electron chi connectivity index (χ1n) is 7.65. The van der Waals surface area contributed by atoms with Crippen molar-refractivity contribution in [3.05, 3.63) is 41.7 Å². The van der Waals surface area contributed by atoms with Gasteiger partial charge in [-0.15, -0.1) is 0 Å². The van der Waals surface area contributed by atoms with E-state index in [1.54, 1.807) is 32.2 Å². The number of likely N-dealkylation sites (N-methyl/N-ethyl adjacent to an activating group) is 1. The molecule has 1 N–H and O–H groups in total. The molecule has 25 heavy (non-hydrogen) atoms. The van der Waals surface area contributed by atoms with Crippen LogP contribution in [0.3, 0.4) is 0 Å². The van der Waals surface area contributed by atoms with Crippen LogP contribution in [0.15, 0.2) is 30.3 Å². The van der Waals surface area contributed by atoms with Crippen molar-refractivity contribution >= 4 is 23.2 Å². The molecule has 2 aromatic rings. The van der Waals surface area contributed by atoms with Crippen molar-refractivity contribution in [3.63, 3.8) is 0 Å². The number of carbonyl (C=O) groups is 2. The lowest BCUT2D eigenvalue weighted by molar-refractivity contribution is -0.125. The molecule has 0 saturated carbocycles. The number of rotatable bonds is 3. The van der Waals surface area contributed by atoms with E-state index in [9.17, 15) is 18.4 Å². The number of alkyl halides is 2. The molecule has 0 fully saturated rings. The smallest absolute Gasteiger partial charge is 0.319 e. The number of nitrogens with zero attached hydrogens (tertiary/aromatic N) is 2. The highest BCUT2D eigenvalue weighted by Crippen LogP contribution is 2.35. The molecule has 2 heterocycles. The third kappa shape index (κ3) is 2.95. The number of aromatic nitrogens is 1. The van der Waals surface area contributed by atoms with Gasteiger partial charge in [-0.25, -0.2) is 0 Å². The van der Waals surface area contributed by atoms with Gasteiger partial charge in [0.15, 0.2) is 6.10 Å². The van der Waals surface area contributed by atoms with Gasteiger partial charge in [0.1, 0.15) is 11.4 Å². The van der Waals surface area contributed by atoms with Crippen molar-refractivity contribution in [2.24, 2.45) is 0 Å². The maximum absolute atomic E-state index is 13.1. The van der Waals surface area contributed by atoms with Gasteiger partial charge in [0.05, 0.1) is 5.69 Å². The monoisotopic (exact) mass is 349 g/mol. The lowest BCUT2D eigenvalue weighted by Crippen LogP contribution is -2.42. The summed E-state index contributed by atoms with van der Waals surface area (Å²) < 4.78 is 32.4. The fourth-order valence-electron chi connectivity index (χ4n) is 2.78. The molecular formula is C17H17F2N3O3. The number of aryl methyl sites for hydroxylation is 1. The summed E-state index contributed by atoms with van der Waals surface area (Å²) in [6.07, 6.45) is -0.588. The molecule has 0 aliphatic carbocycles. The summed E-state index contributed by atoms with van der Waals surface area (Å²) in [4.78, 5) is 25.8. The van der Waals surface area contributed by atoms with E-state index >= 15 is 0 Å². The lowest BCUT2D eigenvalue weighted by Gasteiger charge is -2.30. The second-order valence-electron chi connectivity index (χ2n) is 5.80. The van der Waals surface area contributed by atoms with E-state index in [2.05, 4.69) is 5.32 Å². The molecule has 1 atom stereocenters. The minimum Gasteiger partial charge on any atom is -0.479 e. The Balaban J connectivity index is 1.88. The molecule has 0 saturated heterocycles. The van der Waals surface area contributed by atoms with Crippen molar-refractivity contribution in [1.29, 1.82) is 0 Å². The number of carbonyl (C=O) groups excluding carboxylic acids is 2. The van der Waals surface area contributed by atoms with E-state index < -0.39 is 18.6 Å². The molecule has 1 aliphatic rings. The van der Waals surface area contributed by atoms with Crippen LogP contribution in [0, 0.1) is 6.92 Å². The molecular weight excluding hydrogens is 332 g/mol. The molecule has 1 aromatic heterocycles. The molecule has 0 spiro atoms. The summed E-state index contributed by atoms with van der Waals surface area (Å²) in [5.74, 6) is -0.356. The molecule has 2 amide bonds. The van der Waals surface area contributed by atoms with Gasteiger partial charge in [0.2, 0.25) is 0 Å². The third-order valence-corrected chi connectivity index (χ3v) is 4.11. The standard InChI is InChI=1S/C17H17F2N3O3/c1-9-4-6-12(22(9)17(18)19)15(23)20-11-5-7-14-13(8-11)21(3)16(24)10(2)25-14/h4-8,10,17H,1-3H3,(H,20,23). The first-order chi connectivity index (χ1) is 11.8. The number of ether oxygens (including phenoxy) is 1. The lowest BCUT2D eigenvalue weighted by atomic mass is 10.2. The third-order valence-electron chi connectivity index (χ3n) is 4.11. The maximum atomic E-state index is 13.1. The van der Waals surface area contributed by atoms with E-state index in [0.29, 0.717) is 27.4 Å². The second-order valence-corrected chi connectivity index (χ2v) is 5.80. The summed E-state index contributed by atoms with van der Waals surface area (Å²) in [6.45, 7) is 0.345. The Hall–Kier alpha value is -2.90. The van der Waals surface area contributed by atoms with Crippen molar-refractivity contribution in [1.82, 2.24) is 4.57 Å². The van der Waals surface area contributed by atoms with E-state index in [1.807, 2.05) is 0 Å². The van der Waals surface area contributed by atoms with Crippen LogP contribution in [-0.2, 0) is 4.79 Å². The SMILES string of the molecule is Cc1ccc(C(=O)Nc2ccc3c(c2)N(C)C(=O)C(C)O3)n1C(F)F. The minimum atomic E-state index is -2.81. The van der Waals surface area contributed by atoms with Gasteiger partial charge in [0, 0.05) is 18.4 Å². The molecule has 1 aliphatic heterocycles. The van der Waals surface area contributed by atoms with Gasteiger partial charge >= 0.3 is 6.55 Å². The van der Waals surface area contributed by atoms with Crippen LogP contribution in [0.4, 0.5) is 20.2 Å². The van der Waals surface area contributed by atoms with Gasteiger partial charge < -0.3 is 15.0 Å². The quantitative estimate of drug-likeness (QED) is 0.926. The molecule has 1 unspecified atom stereocenters. The first-order valence-corrected chi connectivity index (χ1v) is 7.65. The maximum Gasteiger partial charge on any atom is 0.319 e. The highest BCUT2D eigenvalue weighted by atomic mass is 19.3. The van der Waals surface area contributed by atoms with E-state index in [-0.39, 0.29) is 11.6 Å². The van der Waals surface area contributed by atoms with E-state index in [4.69, 9.17) is 4.74 Å². The summed E-state index contributed by atoms with van der Waals surface area (Å²) in [5, 5.41) is 2.58. The zero-order chi connectivity index (χ0) is 18.3. The van der Waals surface area contributed by atoms with Crippen LogP contribution in [0.25, 0.3) is 0 Å². The van der Waals surface area contributed by atoms with Crippen LogP contribution >= 0.6 is 0 Å². The number of benzene rings is 1. The Morgan fingerprint density at radius 3 is 2.68 bits per heavy atom. The second kappa shape index (κ2) is 6.19. The van der Waals surface area contributed by atoms with Crippen molar-refractivity contribution in [2.45, 2.75) is 26.5 Å². The molecule has 0 radical (unpaired) electrons. The minimum absolute atomic E-state index is 0.139. The van der Waals surface area contributed by atoms with E-state index in [1.165, 1.54) is 24.0 Å². The van der Waals surface area contributed by atoms with Crippen molar-refractivity contribution < 1.29 is 23.1 Å². The van der Waals surface area contributed by atoms with Gasteiger partial charge in [-0.2, -0.15) is 8.78 Å². The van der Waals surface area contributed by atoms with Crippen LogP contribution in [0.5, 0.6) is 5.75 Å². The van der Waals surface area contributed by atoms with Gasteiger partial charge in [-0.1, -0.05) is 0 Å². The molecule has 1 aromatic carbocycles. The molecule has 3 rings (SSSR count). The Kier molecular flexibility index (Phi) is 4.20. The van der Waals surface area contributed by atoms with Crippen LogP contribution < -0.4 is 15.0 Å². The predicted octanol–water partition coefficient (Wildman–Crippen LogP) is 3.19. The van der Waals surface area contributed by atoms with Crippen LogP contribution in [-0.4, -0.2) is 29.5 Å². The fourth-order valence-corrected chi connectivity index (χ4v) is 2.78. The number of halogens is 2. The van der Waals surface area contributed by atoms with Gasteiger partial charge in [-0.05, 0) is 44.2 Å². The highest BCUT2D eigenvalue weighted by Gasteiger charge is 2.29. The Morgan fingerprint density at radius 2 is 2.00 bits per heavy atom. The molecule has 6 nitrogen and oxygen atoms in total. The number of nitrogens with one attached hydrogen (secondary N) is 1. The number of hydrogen-bond donors (Lipinski definition) is 1. The molecule has 8 heteroatoms. The van der Waals surface area contributed by atoms with Crippen LogP contribution in [0.2, 0.25) is 0 Å². The number of hydrogen-bond acceptors (Lipinski definition) is 3. The molecule has 132 valence electrons. The van der Waals surface area contributed by atoms with Gasteiger partial charge in [-0.3, -0.25) is 14.2 Å². The first kappa shape index (κ1) is 16.9. The zero-order valence-electron chi connectivity index (χ0n) is 13.9. The predicted molar refractivity (Wildman–Crippen MR) is 88.3 cm³/mol. The zero-order valence-corrected chi connectivity index (χ0v) is 13.9. The number of anilines is 2. The normalized spacial score (nSPS) is 16.6. The van der Waals surface area contributed by atoms with Crippen LogP contribution in [0.1, 0.15) is 29.7 Å². The highest BCUT2D eigenvalue weighted by molar-refractivity contribution is 6.05. The summed E-state index contributed by atoms with van der Waals surface area (Å²) in [7, 11) is 1.61. The van der Waals surface area contributed by atoms with E-state index in [0.717, 1.165) is 0 Å². The van der Waals surface area contributed by atoms with Crippen molar-refractivity contribution in [3.8, 4) is 5.75 Å². The summed E-state index contributed by atoms with van der Waals surface area (Å²) in [6, 6.07) is 7.59. The number of amides is 2. The average molecular weight is 349 g/mol. The fraction of sp³-hybridized carbons (Fsp3) is 0.294. The summed E-state index contributed by atoms with van der Waals surface area (Å²) in [5.41, 5.74) is 1.03. The van der Waals surface area contributed by atoms with Gasteiger partial charge in [0.25, 0.3) is 11.8 Å². The average Bonchev–Trinajstić information content (AvgIpc) is 2.95. The molecule has 0 bridgehead atoms. The Labute approximate surface area is 143 Å². The van der Waals surface area contributed by atoms with Crippen molar-refractivity contribution in [2.75, 3.05) is 17.3 Å². The Bertz CT molecular complexity index is 848. The largest absolute Gasteiger partial charge is 0.479 e.